The first kappa shape index (κ1) is 9.94. The number of hydrogen-bond donors (Lipinski definition) is 0. The van der Waals surface area contributed by atoms with Gasteiger partial charge in [0.25, 0.3) is 0 Å². The summed E-state index contributed by atoms with van der Waals surface area (Å²) in [4.78, 5) is 0. The fraction of sp³-hybridized carbons (Fsp3) is 0.714. The Labute approximate surface area is 67.1 Å². The summed E-state index contributed by atoms with van der Waals surface area (Å²) < 4.78 is 0. The zero-order chi connectivity index (χ0) is 8.69. The average Bonchev–Trinajstić information content (AvgIpc) is 1.86. The van der Waals surface area contributed by atoms with Crippen molar-refractivity contribution in [3.63, 3.8) is 0 Å². The van der Waals surface area contributed by atoms with Crippen LogP contribution in [0.1, 0.15) is 20.8 Å². The van der Waals surface area contributed by atoms with Crippen molar-refractivity contribution in [1.82, 2.24) is 0 Å². The summed E-state index contributed by atoms with van der Waals surface area (Å²) in [7, 11) is 1.56. The minimum absolute atomic E-state index is 0.0884. The third kappa shape index (κ3) is 6.83. The second-order valence-corrected chi connectivity index (χ2v) is 2.48. The Morgan fingerprint density at radius 2 is 1.91 bits per heavy atom. The molecule has 1 atom stereocenters. The minimum atomic E-state index is 0.0884. The lowest BCUT2D eigenvalue weighted by molar-refractivity contribution is 0.780. The Morgan fingerprint density at radius 1 is 1.27 bits per heavy atom. The Morgan fingerprint density at radius 3 is 2.36 bits per heavy atom. The van der Waals surface area contributed by atoms with Gasteiger partial charge in [0.1, 0.15) is 0 Å². The highest BCUT2D eigenvalue weighted by Gasteiger charge is 1.90. The first-order valence-electron chi connectivity index (χ1n) is 3.50. The molecule has 0 spiro atoms. The molecule has 0 aromatic rings. The molecule has 0 amide bonds. The van der Waals surface area contributed by atoms with E-state index in [-0.39, 0.29) is 6.04 Å². The van der Waals surface area contributed by atoms with Gasteiger partial charge in [-0.2, -0.15) is 10.2 Å². The van der Waals surface area contributed by atoms with Gasteiger partial charge in [-0.05, 0) is 31.2 Å². The number of rotatable bonds is 3. The van der Waals surface area contributed by atoms with E-state index >= 15 is 0 Å². The molecule has 0 aliphatic heterocycles. The summed E-state index contributed by atoms with van der Waals surface area (Å²) >= 11 is 0. The van der Waals surface area contributed by atoms with E-state index in [1.54, 1.807) is 7.05 Å². The third-order valence-electron chi connectivity index (χ3n) is 0.938. The van der Waals surface area contributed by atoms with E-state index in [0.29, 0.717) is 0 Å². The van der Waals surface area contributed by atoms with Crippen molar-refractivity contribution in [2.45, 2.75) is 26.8 Å². The van der Waals surface area contributed by atoms with Gasteiger partial charge in [0.2, 0.25) is 0 Å². The van der Waals surface area contributed by atoms with Crippen LogP contribution in [0.5, 0.6) is 0 Å². The van der Waals surface area contributed by atoms with Crippen molar-refractivity contribution in [3.05, 3.63) is 11.6 Å². The molecule has 0 aromatic carbocycles. The fourth-order valence-corrected chi connectivity index (χ4v) is 0.660. The van der Waals surface area contributed by atoms with Crippen molar-refractivity contribution >= 4 is 0 Å². The molecule has 1 unspecified atom stereocenters. The highest BCUT2D eigenvalue weighted by molar-refractivity contribution is 4.98. The molecular formula is C7H14N4. The van der Waals surface area contributed by atoms with Crippen LogP contribution in [0.15, 0.2) is 32.3 Å². The van der Waals surface area contributed by atoms with Crippen LogP contribution in [-0.4, -0.2) is 13.1 Å². The SMILES string of the molecule is CN=NN=NC(C)C=C(C)C. The maximum absolute atomic E-state index is 3.84. The molecule has 62 valence electrons. The molecule has 0 aromatic heterocycles. The third-order valence-corrected chi connectivity index (χ3v) is 0.938. The Kier molecular flexibility index (Phi) is 5.15. The molecule has 0 fully saturated rings. The molecule has 0 saturated heterocycles. The fourth-order valence-electron chi connectivity index (χ4n) is 0.660. The van der Waals surface area contributed by atoms with Crippen LogP contribution in [0.2, 0.25) is 0 Å². The lowest BCUT2D eigenvalue weighted by atomic mass is 10.2. The Balaban J connectivity index is 3.87. The number of hydrogen-bond acceptors (Lipinski definition) is 2. The van der Waals surface area contributed by atoms with E-state index in [2.05, 4.69) is 20.7 Å². The number of allylic oxidation sites excluding steroid dienone is 1. The molecule has 0 rings (SSSR count). The van der Waals surface area contributed by atoms with Gasteiger partial charge in [-0.15, -0.1) is 0 Å². The molecule has 0 N–H and O–H groups in total. The minimum Gasteiger partial charge on any atom is -0.171 e. The average molecular weight is 154 g/mol. The first-order valence-corrected chi connectivity index (χ1v) is 3.50. The monoisotopic (exact) mass is 154 g/mol. The summed E-state index contributed by atoms with van der Waals surface area (Å²) in [6.07, 6.45) is 2.01. The van der Waals surface area contributed by atoms with E-state index in [4.69, 9.17) is 0 Å². The van der Waals surface area contributed by atoms with Crippen LogP contribution < -0.4 is 0 Å². The maximum atomic E-state index is 3.84. The van der Waals surface area contributed by atoms with E-state index in [1.165, 1.54) is 5.57 Å². The van der Waals surface area contributed by atoms with Crippen LogP contribution in [0.3, 0.4) is 0 Å². The number of nitrogens with zero attached hydrogens (tertiary/aromatic N) is 4. The van der Waals surface area contributed by atoms with Crippen LogP contribution in [0.25, 0.3) is 0 Å². The van der Waals surface area contributed by atoms with Gasteiger partial charge in [0.05, 0.1) is 13.1 Å². The van der Waals surface area contributed by atoms with Gasteiger partial charge < -0.3 is 0 Å². The summed E-state index contributed by atoms with van der Waals surface area (Å²) in [6, 6.07) is 0.0884. The summed E-state index contributed by atoms with van der Waals surface area (Å²) in [5, 5.41) is 14.1. The van der Waals surface area contributed by atoms with Gasteiger partial charge >= 0.3 is 0 Å². The Hall–Kier alpha value is -1.06. The van der Waals surface area contributed by atoms with Crippen molar-refractivity contribution in [2.75, 3.05) is 7.05 Å². The van der Waals surface area contributed by atoms with Gasteiger partial charge in [-0.3, -0.25) is 0 Å². The highest BCUT2D eigenvalue weighted by atomic mass is 15.5. The van der Waals surface area contributed by atoms with Crippen LogP contribution in [0.4, 0.5) is 0 Å². The topological polar surface area (TPSA) is 49.4 Å². The molecule has 4 heteroatoms. The van der Waals surface area contributed by atoms with Crippen LogP contribution in [0, 0.1) is 0 Å². The molecule has 0 heterocycles. The zero-order valence-electron chi connectivity index (χ0n) is 7.44. The quantitative estimate of drug-likeness (QED) is 0.341. The van der Waals surface area contributed by atoms with Crippen molar-refractivity contribution in [2.24, 2.45) is 20.7 Å². The van der Waals surface area contributed by atoms with Crippen molar-refractivity contribution in [3.8, 4) is 0 Å². The van der Waals surface area contributed by atoms with E-state index < -0.39 is 0 Å². The van der Waals surface area contributed by atoms with Gasteiger partial charge in [0.15, 0.2) is 0 Å². The van der Waals surface area contributed by atoms with Crippen molar-refractivity contribution < 1.29 is 0 Å². The molecule has 0 radical (unpaired) electrons. The summed E-state index contributed by atoms with van der Waals surface area (Å²) in [6.45, 7) is 5.99. The predicted octanol–water partition coefficient (Wildman–Crippen LogP) is 2.79. The van der Waals surface area contributed by atoms with E-state index in [1.807, 2.05) is 26.8 Å². The molecule has 0 saturated carbocycles. The second kappa shape index (κ2) is 5.70. The van der Waals surface area contributed by atoms with E-state index in [0.717, 1.165) is 0 Å². The molecule has 11 heavy (non-hydrogen) atoms. The second-order valence-electron chi connectivity index (χ2n) is 2.48. The standard InChI is InChI=1S/C7H14N4/c1-6(2)5-7(3)9-11-10-8-4/h5,7H,1-4H3. The van der Waals surface area contributed by atoms with Crippen molar-refractivity contribution in [1.29, 1.82) is 0 Å². The highest BCUT2D eigenvalue weighted by Crippen LogP contribution is 1.98. The van der Waals surface area contributed by atoms with Gasteiger partial charge in [-0.1, -0.05) is 11.6 Å². The first-order chi connectivity index (χ1) is 5.16. The normalized spacial score (nSPS) is 14.2. The largest absolute Gasteiger partial charge is 0.171 e. The van der Waals surface area contributed by atoms with Crippen LogP contribution in [-0.2, 0) is 0 Å². The lowest BCUT2D eigenvalue weighted by Gasteiger charge is -1.94. The molecule has 0 aliphatic rings. The molecule has 0 aliphatic carbocycles. The molecule has 4 nitrogen and oxygen atoms in total. The smallest absolute Gasteiger partial charge is 0.0885 e. The summed E-state index contributed by atoms with van der Waals surface area (Å²) in [5.41, 5.74) is 1.23. The Bertz CT molecular complexity index is 177. The molecular weight excluding hydrogens is 140 g/mol. The maximum Gasteiger partial charge on any atom is 0.0885 e. The van der Waals surface area contributed by atoms with Crippen LogP contribution >= 0.6 is 0 Å². The zero-order valence-corrected chi connectivity index (χ0v) is 7.44. The van der Waals surface area contributed by atoms with Gasteiger partial charge in [-0.25, -0.2) is 0 Å². The lowest BCUT2D eigenvalue weighted by Crippen LogP contribution is -1.90. The predicted molar refractivity (Wildman–Crippen MR) is 44.5 cm³/mol. The molecule has 0 bridgehead atoms. The summed E-state index contributed by atoms with van der Waals surface area (Å²) in [5.74, 6) is 0. The van der Waals surface area contributed by atoms with Gasteiger partial charge in [0, 0.05) is 0 Å². The van der Waals surface area contributed by atoms with E-state index in [9.17, 15) is 0 Å².